The molecule has 1 saturated carbocycles. The highest BCUT2D eigenvalue weighted by molar-refractivity contribution is 7.99. The number of nitrogens with zero attached hydrogens (tertiary/aromatic N) is 1. The van der Waals surface area contributed by atoms with E-state index in [-0.39, 0.29) is 5.91 Å². The molecule has 1 heterocycles. The van der Waals surface area contributed by atoms with Gasteiger partial charge in [-0.05, 0) is 30.5 Å². The number of rotatable bonds is 7. The molecule has 0 bridgehead atoms. The number of carbonyl (C=O) groups excluding carboxylic acids is 1. The summed E-state index contributed by atoms with van der Waals surface area (Å²) in [5, 5.41) is 3.88. The van der Waals surface area contributed by atoms with E-state index in [1.54, 1.807) is 0 Å². The van der Waals surface area contributed by atoms with Crippen LogP contribution in [-0.2, 0) is 11.3 Å². The van der Waals surface area contributed by atoms with Crippen molar-refractivity contribution in [2.24, 2.45) is 0 Å². The van der Waals surface area contributed by atoms with Gasteiger partial charge in [0.15, 0.2) is 0 Å². The minimum atomic E-state index is 0.0491. The van der Waals surface area contributed by atoms with Crippen LogP contribution < -0.4 is 5.32 Å². The van der Waals surface area contributed by atoms with E-state index in [9.17, 15) is 4.79 Å². The van der Waals surface area contributed by atoms with Crippen molar-refractivity contribution in [3.63, 3.8) is 0 Å². The van der Waals surface area contributed by atoms with Crippen molar-refractivity contribution in [2.45, 2.75) is 43.9 Å². The molecule has 1 N–H and O–H groups in total. The minimum absolute atomic E-state index is 0.0491. The molecule has 0 aromatic heterocycles. The molecule has 1 aromatic rings. The second kappa shape index (κ2) is 10.2. The molecular weight excluding hydrogens is 332 g/mol. The van der Waals surface area contributed by atoms with Gasteiger partial charge < -0.3 is 10.1 Å². The summed E-state index contributed by atoms with van der Waals surface area (Å²) in [5.41, 5.74) is 1.97. The maximum absolute atomic E-state index is 12.4. The third kappa shape index (κ3) is 6.32. The Morgan fingerprint density at radius 1 is 1.20 bits per heavy atom. The van der Waals surface area contributed by atoms with E-state index in [4.69, 9.17) is 4.74 Å². The zero-order chi connectivity index (χ0) is 17.3. The Hall–Kier alpha value is -1.04. The minimum Gasteiger partial charge on any atom is -0.379 e. The average molecular weight is 363 g/mol. The van der Waals surface area contributed by atoms with E-state index in [2.05, 4.69) is 16.3 Å². The van der Waals surface area contributed by atoms with Crippen LogP contribution in [0.3, 0.4) is 0 Å². The van der Waals surface area contributed by atoms with Gasteiger partial charge in [0.05, 0.1) is 13.2 Å². The molecule has 25 heavy (non-hydrogen) atoms. The molecular formula is C20H30N2O2S. The standard InChI is InChI=1S/C20H30N2O2S/c23-20(21-9-14-25-19-7-2-1-3-8-19)18-6-4-5-17(15-18)16-22-10-12-24-13-11-22/h4-6,15,19H,1-3,7-14,16H2,(H,21,23). The van der Waals surface area contributed by atoms with E-state index >= 15 is 0 Å². The van der Waals surface area contributed by atoms with Crippen LogP contribution >= 0.6 is 11.8 Å². The molecule has 0 spiro atoms. The number of benzene rings is 1. The summed E-state index contributed by atoms with van der Waals surface area (Å²) in [4.78, 5) is 14.8. The number of carbonyl (C=O) groups is 1. The summed E-state index contributed by atoms with van der Waals surface area (Å²) in [6, 6.07) is 8.03. The monoisotopic (exact) mass is 362 g/mol. The first-order chi connectivity index (χ1) is 12.3. The van der Waals surface area contributed by atoms with Crippen molar-refractivity contribution in [2.75, 3.05) is 38.6 Å². The Kier molecular flexibility index (Phi) is 7.64. The number of hydrogen-bond donors (Lipinski definition) is 1. The normalized spacial score (nSPS) is 19.7. The molecule has 0 unspecified atom stereocenters. The summed E-state index contributed by atoms with van der Waals surface area (Å²) < 4.78 is 5.39. The first-order valence-corrected chi connectivity index (χ1v) is 10.6. The molecule has 1 aromatic carbocycles. The van der Waals surface area contributed by atoms with E-state index in [1.807, 2.05) is 30.0 Å². The van der Waals surface area contributed by atoms with Gasteiger partial charge in [-0.15, -0.1) is 0 Å². The zero-order valence-corrected chi connectivity index (χ0v) is 15.9. The van der Waals surface area contributed by atoms with Crippen molar-refractivity contribution in [1.82, 2.24) is 10.2 Å². The van der Waals surface area contributed by atoms with Crippen molar-refractivity contribution < 1.29 is 9.53 Å². The smallest absolute Gasteiger partial charge is 0.251 e. The second-order valence-corrected chi connectivity index (χ2v) is 8.38. The molecule has 4 nitrogen and oxygen atoms in total. The Labute approximate surface area is 155 Å². The molecule has 1 amide bonds. The lowest BCUT2D eigenvalue weighted by atomic mass is 10.0. The molecule has 0 radical (unpaired) electrons. The highest BCUT2D eigenvalue weighted by atomic mass is 32.2. The molecule has 138 valence electrons. The second-order valence-electron chi connectivity index (χ2n) is 6.98. The van der Waals surface area contributed by atoms with Crippen molar-refractivity contribution in [3.8, 4) is 0 Å². The number of nitrogens with one attached hydrogen (secondary N) is 1. The molecule has 2 aliphatic rings. The van der Waals surface area contributed by atoms with Gasteiger partial charge in [0, 0.05) is 42.7 Å². The average Bonchev–Trinajstić information content (AvgIpc) is 2.67. The van der Waals surface area contributed by atoms with Crippen LogP contribution in [-0.4, -0.2) is 54.7 Å². The quantitative estimate of drug-likeness (QED) is 0.756. The molecule has 5 heteroatoms. The lowest BCUT2D eigenvalue weighted by Crippen LogP contribution is -2.35. The Bertz CT molecular complexity index is 540. The maximum atomic E-state index is 12.4. The molecule has 2 fully saturated rings. The molecule has 1 saturated heterocycles. The first-order valence-electron chi connectivity index (χ1n) is 9.60. The molecule has 0 atom stereocenters. The lowest BCUT2D eigenvalue weighted by molar-refractivity contribution is 0.0342. The van der Waals surface area contributed by atoms with Gasteiger partial charge in [0.1, 0.15) is 0 Å². The van der Waals surface area contributed by atoms with E-state index in [0.717, 1.165) is 56.0 Å². The topological polar surface area (TPSA) is 41.6 Å². The summed E-state index contributed by atoms with van der Waals surface area (Å²) in [7, 11) is 0. The van der Waals surface area contributed by atoms with Gasteiger partial charge in [0.25, 0.3) is 5.91 Å². The van der Waals surface area contributed by atoms with Crippen LogP contribution in [0.1, 0.15) is 48.0 Å². The fourth-order valence-electron chi connectivity index (χ4n) is 3.55. The van der Waals surface area contributed by atoms with Crippen molar-refractivity contribution >= 4 is 17.7 Å². The van der Waals surface area contributed by atoms with Gasteiger partial charge in [-0.1, -0.05) is 31.4 Å². The van der Waals surface area contributed by atoms with Gasteiger partial charge in [-0.25, -0.2) is 0 Å². The molecule has 1 aliphatic carbocycles. The van der Waals surface area contributed by atoms with Crippen molar-refractivity contribution in [1.29, 1.82) is 0 Å². The fourth-order valence-corrected chi connectivity index (χ4v) is 4.77. The van der Waals surface area contributed by atoms with E-state index < -0.39 is 0 Å². The summed E-state index contributed by atoms with van der Waals surface area (Å²) in [6.07, 6.45) is 6.85. The largest absolute Gasteiger partial charge is 0.379 e. The number of amides is 1. The summed E-state index contributed by atoms with van der Waals surface area (Å²) in [6.45, 7) is 5.19. The third-order valence-electron chi connectivity index (χ3n) is 4.99. The van der Waals surface area contributed by atoms with Crippen LogP contribution in [0.2, 0.25) is 0 Å². The number of hydrogen-bond acceptors (Lipinski definition) is 4. The van der Waals surface area contributed by atoms with Gasteiger partial charge in [-0.3, -0.25) is 9.69 Å². The van der Waals surface area contributed by atoms with E-state index in [0.29, 0.717) is 0 Å². The summed E-state index contributed by atoms with van der Waals surface area (Å²) >= 11 is 2.03. The van der Waals surface area contributed by atoms with Crippen LogP contribution in [0.5, 0.6) is 0 Å². The van der Waals surface area contributed by atoms with Crippen molar-refractivity contribution in [3.05, 3.63) is 35.4 Å². The highest BCUT2D eigenvalue weighted by Crippen LogP contribution is 2.27. The predicted molar refractivity (Wildman–Crippen MR) is 104 cm³/mol. The van der Waals surface area contributed by atoms with Crippen LogP contribution in [0.15, 0.2) is 24.3 Å². The van der Waals surface area contributed by atoms with Crippen LogP contribution in [0.25, 0.3) is 0 Å². The fraction of sp³-hybridized carbons (Fsp3) is 0.650. The van der Waals surface area contributed by atoms with Crippen LogP contribution in [0, 0.1) is 0 Å². The molecule has 1 aliphatic heterocycles. The third-order valence-corrected chi connectivity index (χ3v) is 6.38. The van der Waals surface area contributed by atoms with Crippen LogP contribution in [0.4, 0.5) is 0 Å². The Balaban J connectivity index is 1.41. The zero-order valence-electron chi connectivity index (χ0n) is 15.0. The van der Waals surface area contributed by atoms with Gasteiger partial charge in [-0.2, -0.15) is 11.8 Å². The maximum Gasteiger partial charge on any atom is 0.251 e. The van der Waals surface area contributed by atoms with E-state index in [1.165, 1.54) is 37.7 Å². The molecule has 3 rings (SSSR count). The predicted octanol–water partition coefficient (Wildman–Crippen LogP) is 3.31. The Morgan fingerprint density at radius 2 is 2.00 bits per heavy atom. The number of thioether (sulfide) groups is 1. The van der Waals surface area contributed by atoms with Gasteiger partial charge in [0.2, 0.25) is 0 Å². The lowest BCUT2D eigenvalue weighted by Gasteiger charge is -2.26. The summed E-state index contributed by atoms with van der Waals surface area (Å²) in [5.74, 6) is 1.07. The SMILES string of the molecule is O=C(NCCSC1CCCCC1)c1cccc(CN2CCOCC2)c1. The number of morpholine rings is 1. The highest BCUT2D eigenvalue weighted by Gasteiger charge is 2.14. The number of ether oxygens (including phenoxy) is 1. The van der Waals surface area contributed by atoms with Gasteiger partial charge >= 0.3 is 0 Å². The first kappa shape index (κ1) is 18.7. The Morgan fingerprint density at radius 3 is 2.80 bits per heavy atom.